The van der Waals surface area contributed by atoms with E-state index >= 15 is 0 Å². The summed E-state index contributed by atoms with van der Waals surface area (Å²) in [6.07, 6.45) is 1.81. The van der Waals surface area contributed by atoms with E-state index in [-0.39, 0.29) is 36.1 Å². The summed E-state index contributed by atoms with van der Waals surface area (Å²) in [5.41, 5.74) is 8.70. The molecule has 2 aromatic carbocycles. The molecule has 0 aliphatic heterocycles. The van der Waals surface area contributed by atoms with Crippen molar-refractivity contribution in [2.45, 2.75) is 38.3 Å². The molecule has 1 aliphatic rings. The zero-order chi connectivity index (χ0) is 17.1. The molecule has 0 radical (unpaired) electrons. The number of fused-ring (bicyclic) bond motifs is 1. The molecule has 0 saturated heterocycles. The molecule has 4 heteroatoms. The van der Waals surface area contributed by atoms with Gasteiger partial charge in [-0.1, -0.05) is 49.4 Å². The summed E-state index contributed by atoms with van der Waals surface area (Å²) in [6, 6.07) is 14.2. The molecule has 0 saturated carbocycles. The molecule has 126 valence electrons. The van der Waals surface area contributed by atoms with Gasteiger partial charge in [0.05, 0.1) is 6.04 Å². The number of amides is 1. The summed E-state index contributed by atoms with van der Waals surface area (Å²) in [5, 5.41) is 3.07. The zero-order valence-electron chi connectivity index (χ0n) is 13.8. The third-order valence-electron chi connectivity index (χ3n) is 4.86. The standard InChI is InChI=1S/C20H23FN2O/c1-13-10-11-15-16(8-5-9-17(15)21)20(13)23-19(24)12-18(22)14-6-3-2-4-7-14/h2-9,13,18,20H,10-12,22H2,1H3,(H,23,24). The van der Waals surface area contributed by atoms with Crippen molar-refractivity contribution >= 4 is 5.91 Å². The van der Waals surface area contributed by atoms with E-state index in [0.29, 0.717) is 0 Å². The molecule has 1 amide bonds. The van der Waals surface area contributed by atoms with Crippen LogP contribution < -0.4 is 11.1 Å². The highest BCUT2D eigenvalue weighted by atomic mass is 19.1. The van der Waals surface area contributed by atoms with Crippen molar-refractivity contribution in [3.05, 3.63) is 71.0 Å². The van der Waals surface area contributed by atoms with Crippen molar-refractivity contribution in [1.82, 2.24) is 5.32 Å². The Bertz CT molecular complexity index is 717. The normalized spacial score (nSPS) is 21.0. The summed E-state index contributed by atoms with van der Waals surface area (Å²) < 4.78 is 14.0. The molecule has 3 N–H and O–H groups in total. The first-order valence-corrected chi connectivity index (χ1v) is 8.43. The van der Waals surface area contributed by atoms with E-state index in [1.54, 1.807) is 6.07 Å². The van der Waals surface area contributed by atoms with Gasteiger partial charge in [-0.3, -0.25) is 4.79 Å². The number of benzene rings is 2. The molecule has 0 fully saturated rings. The number of hydrogen-bond acceptors (Lipinski definition) is 2. The first-order valence-electron chi connectivity index (χ1n) is 8.43. The molecular formula is C20H23FN2O. The second-order valence-corrected chi connectivity index (χ2v) is 6.59. The molecule has 3 atom stereocenters. The topological polar surface area (TPSA) is 55.1 Å². The molecule has 3 unspecified atom stereocenters. The number of rotatable bonds is 4. The van der Waals surface area contributed by atoms with Crippen LogP contribution >= 0.6 is 0 Å². The van der Waals surface area contributed by atoms with Gasteiger partial charge in [-0.15, -0.1) is 0 Å². The molecule has 0 aromatic heterocycles. The van der Waals surface area contributed by atoms with Crippen LogP contribution in [0.25, 0.3) is 0 Å². The Hall–Kier alpha value is -2.20. The van der Waals surface area contributed by atoms with Crippen molar-refractivity contribution in [2.75, 3.05) is 0 Å². The largest absolute Gasteiger partial charge is 0.349 e. The van der Waals surface area contributed by atoms with E-state index in [0.717, 1.165) is 29.5 Å². The lowest BCUT2D eigenvalue weighted by atomic mass is 9.80. The van der Waals surface area contributed by atoms with E-state index in [4.69, 9.17) is 5.73 Å². The fourth-order valence-corrected chi connectivity index (χ4v) is 3.45. The van der Waals surface area contributed by atoms with Crippen molar-refractivity contribution in [1.29, 1.82) is 0 Å². The number of nitrogens with two attached hydrogens (primary N) is 1. The maximum Gasteiger partial charge on any atom is 0.222 e. The van der Waals surface area contributed by atoms with Gasteiger partial charge in [0.25, 0.3) is 0 Å². The Morgan fingerprint density at radius 3 is 2.75 bits per heavy atom. The molecule has 2 aromatic rings. The predicted molar refractivity (Wildman–Crippen MR) is 92.8 cm³/mol. The van der Waals surface area contributed by atoms with Gasteiger partial charge < -0.3 is 11.1 Å². The van der Waals surface area contributed by atoms with Gasteiger partial charge in [0.2, 0.25) is 5.91 Å². The SMILES string of the molecule is CC1CCc2c(F)cccc2C1NC(=O)CC(N)c1ccccc1. The van der Waals surface area contributed by atoms with Crippen LogP contribution in [0.15, 0.2) is 48.5 Å². The van der Waals surface area contributed by atoms with Crippen molar-refractivity contribution < 1.29 is 9.18 Å². The summed E-state index contributed by atoms with van der Waals surface area (Å²) in [4.78, 5) is 12.5. The van der Waals surface area contributed by atoms with Gasteiger partial charge in [0, 0.05) is 12.5 Å². The highest BCUT2D eigenvalue weighted by Crippen LogP contribution is 2.35. The van der Waals surface area contributed by atoms with Crippen molar-refractivity contribution in [3.8, 4) is 0 Å². The molecule has 0 bridgehead atoms. The lowest BCUT2D eigenvalue weighted by Gasteiger charge is -2.32. The van der Waals surface area contributed by atoms with E-state index in [1.165, 1.54) is 6.07 Å². The number of hydrogen-bond donors (Lipinski definition) is 2. The molecule has 0 spiro atoms. The van der Waals surface area contributed by atoms with E-state index < -0.39 is 0 Å². The second kappa shape index (κ2) is 7.14. The average Bonchev–Trinajstić information content (AvgIpc) is 2.58. The summed E-state index contributed by atoms with van der Waals surface area (Å²) >= 11 is 0. The Morgan fingerprint density at radius 1 is 1.25 bits per heavy atom. The molecule has 3 rings (SSSR count). The van der Waals surface area contributed by atoms with E-state index in [1.807, 2.05) is 36.4 Å². The van der Waals surface area contributed by atoms with Crippen molar-refractivity contribution in [3.63, 3.8) is 0 Å². The third-order valence-corrected chi connectivity index (χ3v) is 4.86. The highest BCUT2D eigenvalue weighted by Gasteiger charge is 2.29. The Kier molecular flexibility index (Phi) is 4.95. The fraction of sp³-hybridized carbons (Fsp3) is 0.350. The summed E-state index contributed by atoms with van der Waals surface area (Å²) in [5.74, 6) is -0.00356. The lowest BCUT2D eigenvalue weighted by molar-refractivity contribution is -0.122. The molecule has 1 aliphatic carbocycles. The van der Waals surface area contributed by atoms with Crippen LogP contribution in [-0.4, -0.2) is 5.91 Å². The van der Waals surface area contributed by atoms with Crippen LogP contribution in [0.5, 0.6) is 0 Å². The van der Waals surface area contributed by atoms with E-state index in [2.05, 4.69) is 12.2 Å². The summed E-state index contributed by atoms with van der Waals surface area (Å²) in [7, 11) is 0. The third kappa shape index (κ3) is 3.49. The smallest absolute Gasteiger partial charge is 0.222 e. The average molecular weight is 326 g/mol. The predicted octanol–water partition coefficient (Wildman–Crippen LogP) is 3.66. The Morgan fingerprint density at radius 2 is 2.00 bits per heavy atom. The minimum Gasteiger partial charge on any atom is -0.349 e. The summed E-state index contributed by atoms with van der Waals surface area (Å²) in [6.45, 7) is 2.09. The first kappa shape index (κ1) is 16.7. The van der Waals surface area contributed by atoms with Gasteiger partial charge in [0.15, 0.2) is 0 Å². The van der Waals surface area contributed by atoms with E-state index in [9.17, 15) is 9.18 Å². The highest BCUT2D eigenvalue weighted by molar-refractivity contribution is 5.77. The number of carbonyl (C=O) groups excluding carboxylic acids is 1. The van der Waals surface area contributed by atoms with Crippen LogP contribution in [0, 0.1) is 11.7 Å². The maximum atomic E-state index is 14.0. The Labute approximate surface area is 142 Å². The number of halogens is 1. The Balaban J connectivity index is 1.72. The van der Waals surface area contributed by atoms with Crippen molar-refractivity contribution in [2.24, 2.45) is 11.7 Å². The van der Waals surface area contributed by atoms with Crippen LogP contribution in [-0.2, 0) is 11.2 Å². The number of nitrogens with one attached hydrogen (secondary N) is 1. The minimum atomic E-state index is -0.336. The first-order chi connectivity index (χ1) is 11.6. The van der Waals surface area contributed by atoms with Crippen LogP contribution in [0.2, 0.25) is 0 Å². The zero-order valence-corrected chi connectivity index (χ0v) is 13.8. The van der Waals surface area contributed by atoms with Gasteiger partial charge in [-0.05, 0) is 41.5 Å². The van der Waals surface area contributed by atoms with Crippen LogP contribution in [0.3, 0.4) is 0 Å². The van der Waals surface area contributed by atoms with Gasteiger partial charge in [-0.25, -0.2) is 4.39 Å². The molecule has 3 nitrogen and oxygen atoms in total. The van der Waals surface area contributed by atoms with Crippen LogP contribution in [0.4, 0.5) is 4.39 Å². The molecular weight excluding hydrogens is 303 g/mol. The van der Waals surface area contributed by atoms with Crippen LogP contribution in [0.1, 0.15) is 48.5 Å². The lowest BCUT2D eigenvalue weighted by Crippen LogP contribution is -2.37. The second-order valence-electron chi connectivity index (χ2n) is 6.59. The molecule has 24 heavy (non-hydrogen) atoms. The number of carbonyl (C=O) groups is 1. The van der Waals surface area contributed by atoms with Gasteiger partial charge in [0.1, 0.15) is 5.82 Å². The fourth-order valence-electron chi connectivity index (χ4n) is 3.45. The maximum absolute atomic E-state index is 14.0. The monoisotopic (exact) mass is 326 g/mol. The molecule has 0 heterocycles. The van der Waals surface area contributed by atoms with Gasteiger partial charge in [-0.2, -0.15) is 0 Å². The van der Waals surface area contributed by atoms with Gasteiger partial charge >= 0.3 is 0 Å². The quantitative estimate of drug-likeness (QED) is 0.901. The minimum absolute atomic E-state index is 0.0969.